The average molecular weight is 216 g/mol. The van der Waals surface area contributed by atoms with E-state index in [9.17, 15) is 0 Å². The monoisotopic (exact) mass is 216 g/mol. The zero-order valence-electron chi connectivity index (χ0n) is 10.8. The number of hydrogen-bond donors (Lipinski definition) is 0. The first-order valence-corrected chi connectivity index (χ1v) is 5.75. The van der Waals surface area contributed by atoms with Crippen LogP contribution in [0.4, 0.5) is 0 Å². The van der Waals surface area contributed by atoms with Crippen LogP contribution in [0.1, 0.15) is 25.0 Å². The van der Waals surface area contributed by atoms with Crippen molar-refractivity contribution in [1.82, 2.24) is 9.78 Å². The second-order valence-electron chi connectivity index (χ2n) is 3.59. The fraction of sp³-hybridized carbons (Fsp3) is 0.357. The number of nitrogens with zero attached hydrogens (tertiary/aromatic N) is 2. The molecule has 0 saturated heterocycles. The van der Waals surface area contributed by atoms with Gasteiger partial charge in [-0.3, -0.25) is 4.68 Å². The molecule has 86 valence electrons. The summed E-state index contributed by atoms with van der Waals surface area (Å²) in [5.41, 5.74) is 5.09. The molecule has 16 heavy (non-hydrogen) atoms. The fourth-order valence-electron chi connectivity index (χ4n) is 1.67. The Labute approximate surface area is 97.9 Å². The van der Waals surface area contributed by atoms with Gasteiger partial charge >= 0.3 is 0 Å². The lowest BCUT2D eigenvalue weighted by Gasteiger charge is -2.08. The van der Waals surface area contributed by atoms with Crippen LogP contribution in [0, 0.1) is 13.8 Å². The molecule has 2 heteroatoms. The fourth-order valence-corrected chi connectivity index (χ4v) is 1.67. The molecular formula is C14H20N2. The third-order valence-corrected chi connectivity index (χ3v) is 2.70. The first-order valence-electron chi connectivity index (χ1n) is 5.75. The summed E-state index contributed by atoms with van der Waals surface area (Å²) in [6.45, 7) is 8.28. The van der Waals surface area contributed by atoms with E-state index in [1.54, 1.807) is 0 Å². The third kappa shape index (κ3) is 2.32. The van der Waals surface area contributed by atoms with Gasteiger partial charge in [-0.2, -0.15) is 5.10 Å². The van der Waals surface area contributed by atoms with Crippen molar-refractivity contribution in [2.75, 3.05) is 0 Å². The van der Waals surface area contributed by atoms with Crippen LogP contribution in [0.25, 0.3) is 11.3 Å². The lowest BCUT2D eigenvalue weighted by atomic mass is 10.0. The summed E-state index contributed by atoms with van der Waals surface area (Å²) in [6.07, 6.45) is 1.83. The van der Waals surface area contributed by atoms with Crippen molar-refractivity contribution in [2.24, 2.45) is 7.05 Å². The summed E-state index contributed by atoms with van der Waals surface area (Å²) < 4.78 is 1.90. The Kier molecular flexibility index (Phi) is 4.29. The van der Waals surface area contributed by atoms with Crippen LogP contribution in [-0.2, 0) is 7.05 Å². The summed E-state index contributed by atoms with van der Waals surface area (Å²) >= 11 is 0. The average Bonchev–Trinajstić information content (AvgIpc) is 2.72. The van der Waals surface area contributed by atoms with Crippen LogP contribution in [0.15, 0.2) is 30.5 Å². The van der Waals surface area contributed by atoms with Gasteiger partial charge in [0.05, 0.1) is 5.69 Å². The highest BCUT2D eigenvalue weighted by molar-refractivity contribution is 5.64. The number of aromatic nitrogens is 2. The van der Waals surface area contributed by atoms with Gasteiger partial charge in [-0.15, -0.1) is 0 Å². The first-order chi connectivity index (χ1) is 7.70. The molecule has 0 bridgehead atoms. The van der Waals surface area contributed by atoms with Crippen molar-refractivity contribution in [1.29, 1.82) is 0 Å². The van der Waals surface area contributed by atoms with Crippen LogP contribution in [0.3, 0.4) is 0 Å². The summed E-state index contributed by atoms with van der Waals surface area (Å²) in [6, 6.07) is 8.40. The minimum atomic E-state index is 1.17. The van der Waals surface area contributed by atoms with Crippen molar-refractivity contribution >= 4 is 0 Å². The Morgan fingerprint density at radius 3 is 2.31 bits per heavy atom. The molecule has 0 N–H and O–H groups in total. The van der Waals surface area contributed by atoms with Gasteiger partial charge in [0.25, 0.3) is 0 Å². The highest BCUT2D eigenvalue weighted by Crippen LogP contribution is 2.24. The predicted molar refractivity (Wildman–Crippen MR) is 69.5 cm³/mol. The van der Waals surface area contributed by atoms with Gasteiger partial charge in [-0.05, 0) is 31.0 Å². The molecule has 0 radical (unpaired) electrons. The zero-order chi connectivity index (χ0) is 12.1. The van der Waals surface area contributed by atoms with Gasteiger partial charge in [-0.1, -0.05) is 32.0 Å². The quantitative estimate of drug-likeness (QED) is 0.710. The molecule has 0 fully saturated rings. The Morgan fingerprint density at radius 1 is 1.06 bits per heavy atom. The van der Waals surface area contributed by atoms with Crippen molar-refractivity contribution in [2.45, 2.75) is 27.7 Å². The summed E-state index contributed by atoms with van der Waals surface area (Å²) in [7, 11) is 1.97. The molecule has 1 aromatic heterocycles. The van der Waals surface area contributed by atoms with Gasteiger partial charge in [0.15, 0.2) is 0 Å². The number of aryl methyl sites for hydroxylation is 2. The van der Waals surface area contributed by atoms with Crippen LogP contribution >= 0.6 is 0 Å². The van der Waals surface area contributed by atoms with E-state index in [2.05, 4.69) is 37.1 Å². The molecule has 0 aliphatic heterocycles. The van der Waals surface area contributed by atoms with Gasteiger partial charge in [0.1, 0.15) is 0 Å². The number of rotatable bonds is 1. The van der Waals surface area contributed by atoms with E-state index in [0.29, 0.717) is 0 Å². The summed E-state index contributed by atoms with van der Waals surface area (Å²) in [4.78, 5) is 0. The summed E-state index contributed by atoms with van der Waals surface area (Å²) in [5, 5.41) is 4.18. The first kappa shape index (κ1) is 12.5. The highest BCUT2D eigenvalue weighted by Gasteiger charge is 2.06. The molecule has 0 unspecified atom stereocenters. The topological polar surface area (TPSA) is 17.8 Å². The number of benzene rings is 1. The lowest BCUT2D eigenvalue weighted by molar-refractivity contribution is 0.775. The van der Waals surface area contributed by atoms with Crippen molar-refractivity contribution in [3.05, 3.63) is 41.6 Å². The van der Waals surface area contributed by atoms with Gasteiger partial charge < -0.3 is 0 Å². The Balaban J connectivity index is 0.000000606. The minimum absolute atomic E-state index is 1.17. The van der Waals surface area contributed by atoms with Crippen molar-refractivity contribution in [3.8, 4) is 11.3 Å². The molecule has 1 heterocycles. The van der Waals surface area contributed by atoms with Gasteiger partial charge in [-0.25, -0.2) is 0 Å². The van der Waals surface area contributed by atoms with Crippen LogP contribution in [0.2, 0.25) is 0 Å². The predicted octanol–water partition coefficient (Wildman–Crippen LogP) is 3.73. The smallest absolute Gasteiger partial charge is 0.0681 e. The van der Waals surface area contributed by atoms with E-state index in [4.69, 9.17) is 0 Å². The van der Waals surface area contributed by atoms with E-state index in [1.807, 2.05) is 37.8 Å². The third-order valence-electron chi connectivity index (χ3n) is 2.70. The zero-order valence-corrected chi connectivity index (χ0v) is 10.8. The second kappa shape index (κ2) is 5.50. The second-order valence-corrected chi connectivity index (χ2v) is 3.59. The van der Waals surface area contributed by atoms with E-state index >= 15 is 0 Å². The van der Waals surface area contributed by atoms with E-state index in [-0.39, 0.29) is 0 Å². The molecule has 2 aromatic rings. The van der Waals surface area contributed by atoms with Crippen molar-refractivity contribution in [3.63, 3.8) is 0 Å². The largest absolute Gasteiger partial charge is 0.268 e. The molecule has 1 aromatic carbocycles. The van der Waals surface area contributed by atoms with Gasteiger partial charge in [0.2, 0.25) is 0 Å². The maximum atomic E-state index is 4.18. The summed E-state index contributed by atoms with van der Waals surface area (Å²) in [5.74, 6) is 0. The maximum absolute atomic E-state index is 4.18. The number of hydrogen-bond acceptors (Lipinski definition) is 1. The lowest BCUT2D eigenvalue weighted by Crippen LogP contribution is -1.95. The van der Waals surface area contributed by atoms with E-state index in [1.165, 1.54) is 22.4 Å². The van der Waals surface area contributed by atoms with E-state index in [0.717, 1.165) is 0 Å². The molecule has 0 atom stereocenters. The normalized spacial score (nSPS) is 9.56. The Morgan fingerprint density at radius 2 is 1.75 bits per heavy atom. The minimum Gasteiger partial charge on any atom is -0.268 e. The molecule has 0 saturated carbocycles. The Hall–Kier alpha value is -1.57. The van der Waals surface area contributed by atoms with Crippen molar-refractivity contribution < 1.29 is 0 Å². The molecule has 0 aliphatic carbocycles. The SMILES string of the molecule is CC.Cc1cccc(-c2ccnn2C)c1C. The molecule has 0 amide bonds. The van der Waals surface area contributed by atoms with Crippen LogP contribution < -0.4 is 0 Å². The molecular weight excluding hydrogens is 196 g/mol. The van der Waals surface area contributed by atoms with Crippen LogP contribution in [0.5, 0.6) is 0 Å². The molecule has 0 aliphatic rings. The van der Waals surface area contributed by atoms with E-state index < -0.39 is 0 Å². The molecule has 2 rings (SSSR count). The van der Waals surface area contributed by atoms with Gasteiger partial charge in [0, 0.05) is 18.8 Å². The highest BCUT2D eigenvalue weighted by atomic mass is 15.3. The van der Waals surface area contributed by atoms with Crippen LogP contribution in [-0.4, -0.2) is 9.78 Å². The maximum Gasteiger partial charge on any atom is 0.0681 e. The molecule has 2 nitrogen and oxygen atoms in total. The standard InChI is InChI=1S/C12H14N2.C2H6/c1-9-5-4-6-11(10(9)2)12-7-8-13-14(12)3;1-2/h4-8H,1-3H3;1-2H3. The Bertz CT molecular complexity index is 456. The molecule has 0 spiro atoms.